The largest absolute Gasteiger partial charge is 0.292 e. The molecule has 8 aromatic rings. The number of imidazole rings is 1. The highest BCUT2D eigenvalue weighted by molar-refractivity contribution is 6.26. The molecule has 198 valence electrons. The van der Waals surface area contributed by atoms with Gasteiger partial charge in [-0.15, -0.1) is 0 Å². The molecule has 2 heteroatoms. The number of hydrogen-bond acceptors (Lipinski definition) is 1. The first-order valence-electron chi connectivity index (χ1n) is 14.7. The van der Waals surface area contributed by atoms with Crippen molar-refractivity contribution in [3.63, 3.8) is 0 Å². The van der Waals surface area contributed by atoms with Crippen molar-refractivity contribution < 1.29 is 0 Å². The Kier molecular flexibility index (Phi) is 4.70. The maximum Gasteiger partial charge on any atom is 0.145 e. The van der Waals surface area contributed by atoms with E-state index < -0.39 is 0 Å². The van der Waals surface area contributed by atoms with Crippen molar-refractivity contribution in [2.75, 3.05) is 0 Å². The zero-order chi connectivity index (χ0) is 28.0. The molecule has 1 aliphatic rings. The van der Waals surface area contributed by atoms with Crippen LogP contribution in [0.15, 0.2) is 133 Å². The van der Waals surface area contributed by atoms with Crippen molar-refractivity contribution in [2.24, 2.45) is 0 Å². The Morgan fingerprint density at radius 1 is 0.500 bits per heavy atom. The minimum absolute atomic E-state index is 0.0431. The van der Waals surface area contributed by atoms with Gasteiger partial charge in [-0.05, 0) is 97.0 Å². The number of rotatable bonds is 2. The zero-order valence-electron chi connectivity index (χ0n) is 23.6. The second-order valence-electron chi connectivity index (χ2n) is 12.0. The second-order valence-corrected chi connectivity index (χ2v) is 12.0. The fraction of sp³-hybridized carbons (Fsp3) is 0.0750. The highest BCUT2D eigenvalue weighted by Gasteiger charge is 2.35. The summed E-state index contributed by atoms with van der Waals surface area (Å²) in [7, 11) is 0. The highest BCUT2D eigenvalue weighted by atomic mass is 15.1. The molecular weight excluding hydrogens is 508 g/mol. The van der Waals surface area contributed by atoms with E-state index in [0.717, 1.165) is 28.1 Å². The molecule has 9 rings (SSSR count). The van der Waals surface area contributed by atoms with Crippen LogP contribution in [0.2, 0.25) is 0 Å². The first-order valence-corrected chi connectivity index (χ1v) is 14.7. The predicted molar refractivity (Wildman–Crippen MR) is 177 cm³/mol. The molecule has 0 N–H and O–H groups in total. The average molecular weight is 537 g/mol. The number of aromatic nitrogens is 2. The van der Waals surface area contributed by atoms with Crippen molar-refractivity contribution in [1.29, 1.82) is 0 Å². The molecule has 0 radical (unpaired) electrons. The average Bonchev–Trinajstić information content (AvgIpc) is 3.54. The summed E-state index contributed by atoms with van der Waals surface area (Å²) in [5, 5.41) is 7.73. The molecule has 0 spiro atoms. The van der Waals surface area contributed by atoms with Crippen molar-refractivity contribution in [2.45, 2.75) is 19.3 Å². The van der Waals surface area contributed by atoms with E-state index >= 15 is 0 Å². The number of nitrogens with zero attached hydrogens (tertiary/aromatic N) is 2. The van der Waals surface area contributed by atoms with E-state index in [1.165, 1.54) is 54.6 Å². The maximum atomic E-state index is 5.16. The SMILES string of the molecule is CC1(C)c2ccccc2-c2cc3c4ccccc4c4cc(-c5nc6ccccc6n5-c5ccccc5)ccc4c3cc21. The molecule has 42 heavy (non-hydrogen) atoms. The van der Waals surface area contributed by atoms with E-state index in [1.807, 2.05) is 0 Å². The molecular formula is C40H28N2. The van der Waals surface area contributed by atoms with Crippen molar-refractivity contribution >= 4 is 43.4 Å². The van der Waals surface area contributed by atoms with E-state index in [9.17, 15) is 0 Å². The normalized spacial score (nSPS) is 13.7. The molecule has 1 aromatic heterocycles. The Bertz CT molecular complexity index is 2370. The lowest BCUT2D eigenvalue weighted by atomic mass is 9.81. The van der Waals surface area contributed by atoms with Crippen LogP contribution in [-0.2, 0) is 5.41 Å². The molecule has 0 atom stereocenters. The highest BCUT2D eigenvalue weighted by Crippen LogP contribution is 2.51. The van der Waals surface area contributed by atoms with E-state index in [4.69, 9.17) is 4.98 Å². The van der Waals surface area contributed by atoms with Gasteiger partial charge in [-0.25, -0.2) is 4.98 Å². The molecule has 7 aromatic carbocycles. The third kappa shape index (κ3) is 3.12. The molecule has 0 unspecified atom stereocenters. The standard InChI is InChI=1S/C40H28N2/c1-40(2)35-17-9-8-16-30(35)34-23-32-28-15-7-6-14-27(28)31-22-25(20-21-29(31)33(32)24-36(34)40)39-41-37-18-10-11-19-38(37)42(39)26-12-4-3-5-13-26/h3-24H,1-2H3. The Labute approximate surface area is 244 Å². The van der Waals surface area contributed by atoms with Gasteiger partial charge < -0.3 is 0 Å². The first-order chi connectivity index (χ1) is 20.6. The summed E-state index contributed by atoms with van der Waals surface area (Å²) in [5.41, 5.74) is 9.83. The smallest absolute Gasteiger partial charge is 0.145 e. The van der Waals surface area contributed by atoms with Crippen molar-refractivity contribution in [3.8, 4) is 28.2 Å². The summed E-state index contributed by atoms with van der Waals surface area (Å²) in [6, 6.07) is 48.6. The van der Waals surface area contributed by atoms with Crippen LogP contribution in [0.1, 0.15) is 25.0 Å². The zero-order valence-corrected chi connectivity index (χ0v) is 23.6. The summed E-state index contributed by atoms with van der Waals surface area (Å²) >= 11 is 0. The van der Waals surface area contributed by atoms with Gasteiger partial charge >= 0.3 is 0 Å². The van der Waals surface area contributed by atoms with Gasteiger partial charge in [-0.1, -0.05) is 105 Å². The first kappa shape index (κ1) is 23.5. The topological polar surface area (TPSA) is 17.8 Å². The Morgan fingerprint density at radius 3 is 1.98 bits per heavy atom. The van der Waals surface area contributed by atoms with Gasteiger partial charge in [0.15, 0.2) is 0 Å². The molecule has 0 bridgehead atoms. The van der Waals surface area contributed by atoms with Gasteiger partial charge in [-0.3, -0.25) is 4.57 Å². The third-order valence-corrected chi connectivity index (χ3v) is 9.37. The van der Waals surface area contributed by atoms with Crippen LogP contribution in [0.4, 0.5) is 0 Å². The maximum absolute atomic E-state index is 5.16. The van der Waals surface area contributed by atoms with Crippen LogP contribution >= 0.6 is 0 Å². The summed E-state index contributed by atoms with van der Waals surface area (Å²) < 4.78 is 2.28. The monoisotopic (exact) mass is 536 g/mol. The van der Waals surface area contributed by atoms with Crippen LogP contribution in [0.3, 0.4) is 0 Å². The second kappa shape index (κ2) is 8.41. The predicted octanol–water partition coefficient (Wildman–Crippen LogP) is 10.5. The van der Waals surface area contributed by atoms with Gasteiger partial charge in [0.05, 0.1) is 11.0 Å². The quantitative estimate of drug-likeness (QED) is 0.201. The molecule has 1 heterocycles. The van der Waals surface area contributed by atoms with Gasteiger partial charge in [-0.2, -0.15) is 0 Å². The van der Waals surface area contributed by atoms with E-state index in [0.29, 0.717) is 0 Å². The molecule has 0 aliphatic heterocycles. The van der Waals surface area contributed by atoms with Crippen LogP contribution in [0, 0.1) is 0 Å². The lowest BCUT2D eigenvalue weighted by Gasteiger charge is -2.22. The van der Waals surface area contributed by atoms with Crippen LogP contribution in [0.25, 0.3) is 71.6 Å². The van der Waals surface area contributed by atoms with Crippen LogP contribution in [0.5, 0.6) is 0 Å². The summed E-state index contributed by atoms with van der Waals surface area (Å²) in [4.78, 5) is 5.16. The fourth-order valence-corrected chi connectivity index (χ4v) is 7.35. The Hall–Kier alpha value is -5.21. The Morgan fingerprint density at radius 2 is 1.14 bits per heavy atom. The molecule has 0 amide bonds. The Balaban J connectivity index is 1.36. The number of fused-ring (bicyclic) bond motifs is 10. The van der Waals surface area contributed by atoms with Gasteiger partial charge in [0.2, 0.25) is 0 Å². The molecule has 0 saturated carbocycles. The summed E-state index contributed by atoms with van der Waals surface area (Å²) in [5.74, 6) is 0.957. The molecule has 1 aliphatic carbocycles. The fourth-order valence-electron chi connectivity index (χ4n) is 7.35. The van der Waals surface area contributed by atoms with Gasteiger partial charge in [0, 0.05) is 16.7 Å². The number of benzene rings is 7. The lowest BCUT2D eigenvalue weighted by molar-refractivity contribution is 0.661. The lowest BCUT2D eigenvalue weighted by Crippen LogP contribution is -2.14. The van der Waals surface area contributed by atoms with E-state index in [2.05, 4.69) is 152 Å². The molecule has 0 fully saturated rings. The minimum Gasteiger partial charge on any atom is -0.292 e. The van der Waals surface area contributed by atoms with Crippen LogP contribution in [-0.4, -0.2) is 9.55 Å². The van der Waals surface area contributed by atoms with Crippen LogP contribution < -0.4 is 0 Å². The van der Waals surface area contributed by atoms with Crippen molar-refractivity contribution in [3.05, 3.63) is 145 Å². The minimum atomic E-state index is -0.0431. The number of para-hydroxylation sites is 3. The van der Waals surface area contributed by atoms with Gasteiger partial charge in [0.1, 0.15) is 5.82 Å². The van der Waals surface area contributed by atoms with Crippen molar-refractivity contribution in [1.82, 2.24) is 9.55 Å². The van der Waals surface area contributed by atoms with E-state index in [-0.39, 0.29) is 5.41 Å². The third-order valence-electron chi connectivity index (χ3n) is 9.37. The molecule has 2 nitrogen and oxygen atoms in total. The summed E-state index contributed by atoms with van der Waals surface area (Å²) in [6.07, 6.45) is 0. The number of hydrogen-bond donors (Lipinski definition) is 0. The summed E-state index contributed by atoms with van der Waals surface area (Å²) in [6.45, 7) is 4.72. The van der Waals surface area contributed by atoms with Gasteiger partial charge in [0.25, 0.3) is 0 Å². The molecule has 0 saturated heterocycles. The van der Waals surface area contributed by atoms with E-state index in [1.54, 1.807) is 0 Å².